The molecule has 0 aliphatic carbocycles. The molecule has 3 fully saturated rings. The highest BCUT2D eigenvalue weighted by Crippen LogP contribution is 2.31. The highest BCUT2D eigenvalue weighted by atomic mass is 32.2. The smallest absolute Gasteiger partial charge is 0.255 e. The molecule has 1 unspecified atom stereocenters. The highest BCUT2D eigenvalue weighted by molar-refractivity contribution is 7.99. The zero-order chi connectivity index (χ0) is 43.9. The fourth-order valence-electron chi connectivity index (χ4n) is 8.08. The Bertz CT molecular complexity index is 2310. The Kier molecular flexibility index (Phi) is 13.6. The predicted molar refractivity (Wildman–Crippen MR) is 236 cm³/mol. The number of amides is 5. The van der Waals surface area contributed by atoms with Gasteiger partial charge in [0.2, 0.25) is 23.7 Å². The van der Waals surface area contributed by atoms with Crippen molar-refractivity contribution in [2.75, 3.05) is 47.9 Å². The summed E-state index contributed by atoms with van der Waals surface area (Å²) in [7, 11) is 0. The van der Waals surface area contributed by atoms with Gasteiger partial charge in [0.1, 0.15) is 16.9 Å². The largest absolute Gasteiger partial charge is 0.375 e. The Morgan fingerprint density at radius 2 is 1.73 bits per heavy atom. The lowest BCUT2D eigenvalue weighted by molar-refractivity contribution is -0.137. The first-order valence-electron chi connectivity index (χ1n) is 21.6. The van der Waals surface area contributed by atoms with Gasteiger partial charge in [-0.15, -0.1) is 0 Å². The maximum Gasteiger partial charge on any atom is 0.255 e. The van der Waals surface area contributed by atoms with Gasteiger partial charge >= 0.3 is 0 Å². The Labute approximate surface area is 370 Å². The number of unbranched alkanes of at least 4 members (excludes halogenated alkanes) is 3. The van der Waals surface area contributed by atoms with E-state index < -0.39 is 11.9 Å². The minimum absolute atomic E-state index is 0.00416. The molecule has 330 valence electrons. The van der Waals surface area contributed by atoms with E-state index in [1.807, 2.05) is 41.4 Å². The van der Waals surface area contributed by atoms with Crippen LogP contribution in [0.3, 0.4) is 0 Å². The van der Waals surface area contributed by atoms with Gasteiger partial charge in [0, 0.05) is 92.8 Å². The van der Waals surface area contributed by atoms with Crippen molar-refractivity contribution in [3.05, 3.63) is 89.5 Å². The van der Waals surface area contributed by atoms with Gasteiger partial charge in [-0.25, -0.2) is 19.9 Å². The van der Waals surface area contributed by atoms with Crippen molar-refractivity contribution >= 4 is 58.8 Å². The maximum atomic E-state index is 13.0. The third-order valence-corrected chi connectivity index (χ3v) is 12.8. The summed E-state index contributed by atoms with van der Waals surface area (Å²) >= 11 is 1.51. The lowest BCUT2D eigenvalue weighted by Crippen LogP contribution is -2.53. The maximum absolute atomic E-state index is 13.0. The molecule has 2 aromatic heterocycles. The van der Waals surface area contributed by atoms with Gasteiger partial charge in [0.05, 0.1) is 24.1 Å². The fourth-order valence-corrected chi connectivity index (χ4v) is 8.86. The predicted octanol–water partition coefficient (Wildman–Crippen LogP) is 4.22. The second kappa shape index (κ2) is 19.6. The number of rotatable bonds is 17. The zero-order valence-electron chi connectivity index (χ0n) is 35.4. The van der Waals surface area contributed by atoms with Gasteiger partial charge in [-0.05, 0) is 74.4 Å². The van der Waals surface area contributed by atoms with Gasteiger partial charge < -0.3 is 35.8 Å². The molecular weight excluding hydrogens is 823 g/mol. The number of ether oxygens (including phenoxy) is 1. The Balaban J connectivity index is 0.670. The molecule has 4 aliphatic rings. The summed E-state index contributed by atoms with van der Waals surface area (Å²) in [5, 5.41) is 9.01. The summed E-state index contributed by atoms with van der Waals surface area (Å²) < 4.78 is 6.04. The first kappa shape index (κ1) is 43.7. The average Bonchev–Trinajstić information content (AvgIpc) is 3.58. The van der Waals surface area contributed by atoms with Crippen LogP contribution in [0.1, 0.15) is 96.6 Å². The molecule has 3 saturated heterocycles. The number of carbonyl (C=O) groups is 5. The summed E-state index contributed by atoms with van der Waals surface area (Å²) in [5.74, 6) is 0.0586. The summed E-state index contributed by atoms with van der Waals surface area (Å²) in [5.41, 5.74) is 9.35. The number of aromatic nitrogens is 4. The van der Waals surface area contributed by atoms with E-state index >= 15 is 0 Å². The van der Waals surface area contributed by atoms with Gasteiger partial charge in [-0.3, -0.25) is 29.3 Å². The number of carbonyl (C=O) groups excluding carboxylic acids is 5. The lowest BCUT2D eigenvalue weighted by atomic mass is 9.91. The molecule has 0 bridgehead atoms. The molecule has 0 spiro atoms. The van der Waals surface area contributed by atoms with Crippen molar-refractivity contribution < 1.29 is 28.7 Å². The van der Waals surface area contributed by atoms with Crippen LogP contribution in [0.2, 0.25) is 0 Å². The summed E-state index contributed by atoms with van der Waals surface area (Å²) in [6, 6.07) is 12.4. The topological polar surface area (TPSA) is 218 Å². The fraction of sp³-hybridized carbons (Fsp3) is 0.444. The Morgan fingerprint density at radius 3 is 2.49 bits per heavy atom. The lowest BCUT2D eigenvalue weighted by Gasteiger charge is -2.38. The highest BCUT2D eigenvalue weighted by Gasteiger charge is 2.39. The SMILES string of the molecule is CC1(N)CCN(c2cnc(Sc3cccc(NC(=O)CCCCCCOC4CN(c5ncc(C(=O)NCc6ccc7c(c6)CN(C6CCC(=O)NC6=O)C7=O)cn5)C4)c3)cn2)CC1. The van der Waals surface area contributed by atoms with Crippen LogP contribution in [0, 0.1) is 0 Å². The molecule has 0 saturated carbocycles. The van der Waals surface area contributed by atoms with Crippen LogP contribution in [0.25, 0.3) is 0 Å². The number of piperidine rings is 2. The first-order valence-corrected chi connectivity index (χ1v) is 22.4. The molecule has 2 aromatic carbocycles. The van der Waals surface area contributed by atoms with E-state index in [4.69, 9.17) is 10.5 Å². The number of hydrogen-bond donors (Lipinski definition) is 4. The van der Waals surface area contributed by atoms with Crippen LogP contribution in [-0.4, -0.2) is 105 Å². The molecule has 18 heteroatoms. The van der Waals surface area contributed by atoms with Gasteiger partial charge in [0.15, 0.2) is 0 Å². The minimum atomic E-state index is -0.678. The van der Waals surface area contributed by atoms with E-state index in [1.54, 1.807) is 18.3 Å². The van der Waals surface area contributed by atoms with Crippen LogP contribution in [0.15, 0.2) is 77.2 Å². The minimum Gasteiger partial charge on any atom is -0.375 e. The van der Waals surface area contributed by atoms with E-state index in [2.05, 4.69) is 47.7 Å². The molecule has 5 amide bonds. The molecule has 5 N–H and O–H groups in total. The summed E-state index contributed by atoms with van der Waals surface area (Å²) in [4.78, 5) is 87.2. The van der Waals surface area contributed by atoms with Gasteiger partial charge in [-0.2, -0.15) is 0 Å². The third-order valence-electron chi connectivity index (χ3n) is 11.9. The number of hydrogen-bond acceptors (Lipinski definition) is 14. The van der Waals surface area contributed by atoms with Crippen molar-refractivity contribution in [2.45, 2.75) is 105 Å². The standard InChI is InChI=1S/C45H53N11O6S/c1-45(46)14-16-54(17-15-45)37-24-48-40(25-47-37)63-34-8-6-7-32(20-34)52-38(57)9-4-2-3-5-18-62-33-27-55(28-33)44-50-22-31(23-51-44)41(59)49-21-29-10-11-35-30(19-29)26-56(43(35)61)36-12-13-39(58)53-42(36)60/h6-8,10-11,19-20,22-25,33,36H,2-5,9,12-18,21,26-28,46H2,1H3,(H,49,59)(H,52,57)(H,53,58,60). The normalized spacial score (nSPS) is 18.5. The number of nitrogens with two attached hydrogens (primary N) is 1. The van der Waals surface area contributed by atoms with Crippen molar-refractivity contribution in [3.8, 4) is 0 Å². The molecular formula is C45H53N11O6S. The third kappa shape index (κ3) is 11.2. The van der Waals surface area contributed by atoms with E-state index in [1.165, 1.54) is 29.1 Å². The zero-order valence-corrected chi connectivity index (χ0v) is 36.2. The summed E-state index contributed by atoms with van der Waals surface area (Å²) in [6.07, 6.45) is 13.1. The van der Waals surface area contributed by atoms with Crippen LogP contribution in [-0.2, 0) is 32.2 Å². The Morgan fingerprint density at radius 1 is 0.937 bits per heavy atom. The number of imide groups is 1. The number of nitrogens with zero attached hydrogens (tertiary/aromatic N) is 7. The monoisotopic (exact) mass is 875 g/mol. The first-order chi connectivity index (χ1) is 30.5. The van der Waals surface area contributed by atoms with Crippen molar-refractivity contribution in [1.29, 1.82) is 0 Å². The number of anilines is 3. The van der Waals surface area contributed by atoms with Crippen LogP contribution < -0.4 is 31.5 Å². The number of benzene rings is 2. The number of nitrogens with one attached hydrogen (secondary N) is 3. The molecule has 4 aliphatic heterocycles. The molecule has 63 heavy (non-hydrogen) atoms. The van der Waals surface area contributed by atoms with Crippen LogP contribution in [0.5, 0.6) is 0 Å². The number of fused-ring (bicyclic) bond motifs is 1. The molecule has 1 atom stereocenters. The van der Waals surface area contributed by atoms with Crippen molar-refractivity contribution in [3.63, 3.8) is 0 Å². The van der Waals surface area contributed by atoms with Crippen molar-refractivity contribution in [1.82, 2.24) is 35.5 Å². The molecule has 17 nitrogen and oxygen atoms in total. The molecule has 6 heterocycles. The van der Waals surface area contributed by atoms with E-state index in [9.17, 15) is 24.0 Å². The summed E-state index contributed by atoms with van der Waals surface area (Å²) in [6.45, 7) is 6.33. The van der Waals surface area contributed by atoms with Gasteiger partial charge in [0.25, 0.3) is 11.8 Å². The van der Waals surface area contributed by atoms with E-state index in [0.717, 1.165) is 84.2 Å². The van der Waals surface area contributed by atoms with E-state index in [0.29, 0.717) is 49.6 Å². The molecule has 0 radical (unpaired) electrons. The second-order valence-electron chi connectivity index (χ2n) is 16.9. The quantitative estimate of drug-likeness (QED) is 0.0863. The second-order valence-corrected chi connectivity index (χ2v) is 18.0. The Hall–Kier alpha value is -5.98. The molecule has 8 rings (SSSR count). The molecule has 4 aromatic rings. The van der Waals surface area contributed by atoms with Gasteiger partial charge in [-0.1, -0.05) is 42.8 Å². The van der Waals surface area contributed by atoms with Crippen molar-refractivity contribution in [2.24, 2.45) is 5.73 Å². The van der Waals surface area contributed by atoms with E-state index in [-0.39, 0.29) is 54.8 Å². The average molecular weight is 876 g/mol. The van der Waals surface area contributed by atoms with Crippen LogP contribution >= 0.6 is 11.8 Å². The van der Waals surface area contributed by atoms with Crippen LogP contribution in [0.4, 0.5) is 17.5 Å².